The molecule has 0 aromatic rings. The van der Waals surface area contributed by atoms with Crippen LogP contribution in [0, 0.1) is 0 Å². The second kappa shape index (κ2) is 10.9. The molecule has 7 heteroatoms. The first-order chi connectivity index (χ1) is 10.7. The van der Waals surface area contributed by atoms with Crippen molar-refractivity contribution in [2.75, 3.05) is 45.8 Å². The zero-order chi connectivity index (χ0) is 15.8. The minimum absolute atomic E-state index is 0. The van der Waals surface area contributed by atoms with Crippen molar-refractivity contribution >= 4 is 35.8 Å². The van der Waals surface area contributed by atoms with Crippen molar-refractivity contribution in [2.45, 2.75) is 32.7 Å². The lowest BCUT2D eigenvalue weighted by Crippen LogP contribution is -2.48. The standard InChI is InChI=1S/C16H29N5O.HI/c1-3-17-16(19-15-6-4-5-7-15)18-8-9-20-10-12-21(13-11-20)14(2)22;/h4-5,15H,3,6-13H2,1-2H3,(H2,17,18,19);1H. The Balaban J connectivity index is 0.00000264. The molecule has 6 nitrogen and oxygen atoms in total. The third-order valence-corrected chi connectivity index (χ3v) is 4.20. The minimum Gasteiger partial charge on any atom is -0.357 e. The van der Waals surface area contributed by atoms with E-state index in [1.807, 2.05) is 4.90 Å². The number of nitrogens with zero attached hydrogens (tertiary/aromatic N) is 3. The highest BCUT2D eigenvalue weighted by Crippen LogP contribution is 2.08. The fourth-order valence-corrected chi connectivity index (χ4v) is 2.84. The molecule has 2 rings (SSSR count). The lowest BCUT2D eigenvalue weighted by atomic mass is 10.2. The maximum Gasteiger partial charge on any atom is 0.219 e. The Morgan fingerprint density at radius 2 is 1.87 bits per heavy atom. The van der Waals surface area contributed by atoms with Gasteiger partial charge in [0, 0.05) is 52.2 Å². The average molecular weight is 435 g/mol. The van der Waals surface area contributed by atoms with E-state index in [9.17, 15) is 4.79 Å². The molecule has 0 atom stereocenters. The number of guanidine groups is 1. The molecule has 0 unspecified atom stereocenters. The lowest BCUT2D eigenvalue weighted by Gasteiger charge is -2.33. The summed E-state index contributed by atoms with van der Waals surface area (Å²) in [5.74, 6) is 1.10. The number of rotatable bonds is 5. The van der Waals surface area contributed by atoms with E-state index < -0.39 is 0 Å². The molecule has 1 amide bonds. The van der Waals surface area contributed by atoms with E-state index >= 15 is 0 Å². The molecular weight excluding hydrogens is 405 g/mol. The number of carbonyl (C=O) groups is 1. The molecule has 0 aromatic carbocycles. The first-order valence-corrected chi connectivity index (χ1v) is 8.36. The van der Waals surface area contributed by atoms with Crippen molar-refractivity contribution in [1.82, 2.24) is 20.4 Å². The van der Waals surface area contributed by atoms with Crippen LogP contribution >= 0.6 is 24.0 Å². The number of halogens is 1. The van der Waals surface area contributed by atoms with Crippen LogP contribution in [0.2, 0.25) is 0 Å². The maximum atomic E-state index is 11.3. The molecule has 0 saturated carbocycles. The number of nitrogens with one attached hydrogen (secondary N) is 2. The van der Waals surface area contributed by atoms with Gasteiger partial charge >= 0.3 is 0 Å². The highest BCUT2D eigenvalue weighted by atomic mass is 127. The van der Waals surface area contributed by atoms with Gasteiger partial charge in [-0.25, -0.2) is 0 Å². The fourth-order valence-electron chi connectivity index (χ4n) is 2.84. The van der Waals surface area contributed by atoms with Gasteiger partial charge in [0.2, 0.25) is 5.91 Å². The molecule has 0 radical (unpaired) electrons. The van der Waals surface area contributed by atoms with Crippen molar-refractivity contribution in [3.8, 4) is 0 Å². The summed E-state index contributed by atoms with van der Waals surface area (Å²) >= 11 is 0. The van der Waals surface area contributed by atoms with Crippen molar-refractivity contribution in [1.29, 1.82) is 0 Å². The molecule has 0 bridgehead atoms. The van der Waals surface area contributed by atoms with Crippen LogP contribution in [0.1, 0.15) is 26.7 Å². The molecule has 1 heterocycles. The van der Waals surface area contributed by atoms with E-state index in [-0.39, 0.29) is 29.9 Å². The van der Waals surface area contributed by atoms with E-state index in [1.54, 1.807) is 6.92 Å². The monoisotopic (exact) mass is 435 g/mol. The lowest BCUT2D eigenvalue weighted by molar-refractivity contribution is -0.130. The van der Waals surface area contributed by atoms with Gasteiger partial charge in [0.15, 0.2) is 5.96 Å². The van der Waals surface area contributed by atoms with Crippen LogP contribution in [0.15, 0.2) is 17.1 Å². The molecule has 132 valence electrons. The average Bonchev–Trinajstić information content (AvgIpc) is 3.01. The van der Waals surface area contributed by atoms with Crippen molar-refractivity contribution in [2.24, 2.45) is 4.99 Å². The van der Waals surface area contributed by atoms with Crippen molar-refractivity contribution < 1.29 is 4.79 Å². The summed E-state index contributed by atoms with van der Waals surface area (Å²) in [6.07, 6.45) is 6.60. The van der Waals surface area contributed by atoms with Gasteiger partial charge in [-0.15, -0.1) is 24.0 Å². The van der Waals surface area contributed by atoms with Crippen LogP contribution < -0.4 is 10.6 Å². The number of piperazine rings is 1. The first-order valence-electron chi connectivity index (χ1n) is 8.36. The molecule has 0 aromatic heterocycles. The molecule has 1 fully saturated rings. The number of hydrogen-bond donors (Lipinski definition) is 2. The maximum absolute atomic E-state index is 11.3. The molecule has 1 aliphatic heterocycles. The molecule has 2 N–H and O–H groups in total. The Morgan fingerprint density at radius 3 is 2.43 bits per heavy atom. The van der Waals surface area contributed by atoms with Crippen LogP contribution in [-0.2, 0) is 4.79 Å². The van der Waals surface area contributed by atoms with E-state index in [4.69, 9.17) is 0 Å². The number of amides is 1. The second-order valence-electron chi connectivity index (χ2n) is 5.89. The van der Waals surface area contributed by atoms with Crippen LogP contribution in [0.3, 0.4) is 0 Å². The summed E-state index contributed by atoms with van der Waals surface area (Å²) in [5.41, 5.74) is 0. The second-order valence-corrected chi connectivity index (χ2v) is 5.89. The summed E-state index contributed by atoms with van der Waals surface area (Å²) in [4.78, 5) is 20.3. The van der Waals surface area contributed by atoms with Crippen molar-refractivity contribution in [3.05, 3.63) is 12.2 Å². The largest absolute Gasteiger partial charge is 0.357 e. The van der Waals surface area contributed by atoms with Crippen LogP contribution in [-0.4, -0.2) is 73.5 Å². The number of aliphatic imine (C=N–C) groups is 1. The zero-order valence-corrected chi connectivity index (χ0v) is 16.6. The Labute approximate surface area is 156 Å². The summed E-state index contributed by atoms with van der Waals surface area (Å²) in [7, 11) is 0. The van der Waals surface area contributed by atoms with Gasteiger partial charge in [0.05, 0.1) is 6.54 Å². The van der Waals surface area contributed by atoms with Gasteiger partial charge < -0.3 is 15.5 Å². The quantitative estimate of drug-likeness (QED) is 0.293. The summed E-state index contributed by atoms with van der Waals surface area (Å²) in [6, 6.07) is 0.483. The van der Waals surface area contributed by atoms with Gasteiger partial charge in [0.1, 0.15) is 0 Å². The smallest absolute Gasteiger partial charge is 0.219 e. The first kappa shape index (κ1) is 20.2. The van der Waals surface area contributed by atoms with Crippen molar-refractivity contribution in [3.63, 3.8) is 0 Å². The highest BCUT2D eigenvalue weighted by molar-refractivity contribution is 14.0. The predicted molar refractivity (Wildman–Crippen MR) is 105 cm³/mol. The molecule has 23 heavy (non-hydrogen) atoms. The van der Waals surface area contributed by atoms with Crippen LogP contribution in [0.5, 0.6) is 0 Å². The molecule has 1 aliphatic carbocycles. The third kappa shape index (κ3) is 7.07. The summed E-state index contributed by atoms with van der Waals surface area (Å²) < 4.78 is 0. The third-order valence-electron chi connectivity index (χ3n) is 4.20. The molecule has 0 spiro atoms. The highest BCUT2D eigenvalue weighted by Gasteiger charge is 2.18. The van der Waals surface area contributed by atoms with Gasteiger partial charge in [-0.05, 0) is 19.8 Å². The Hall–Kier alpha value is -0.830. The summed E-state index contributed by atoms with van der Waals surface area (Å²) in [6.45, 7) is 9.93. The van der Waals surface area contributed by atoms with Crippen LogP contribution in [0.4, 0.5) is 0 Å². The topological polar surface area (TPSA) is 60.0 Å². The zero-order valence-electron chi connectivity index (χ0n) is 14.3. The SMILES string of the molecule is CCNC(=NCCN1CCN(C(C)=O)CC1)NC1CC=CC1.I. The Morgan fingerprint density at radius 1 is 1.22 bits per heavy atom. The van der Waals surface area contributed by atoms with E-state index in [2.05, 4.69) is 39.6 Å². The van der Waals surface area contributed by atoms with Gasteiger partial charge in [-0.1, -0.05) is 12.2 Å². The van der Waals surface area contributed by atoms with Crippen LogP contribution in [0.25, 0.3) is 0 Å². The van der Waals surface area contributed by atoms with E-state index in [0.717, 1.165) is 64.6 Å². The van der Waals surface area contributed by atoms with E-state index in [1.165, 1.54) is 0 Å². The Kier molecular flexibility index (Phi) is 9.54. The number of hydrogen-bond acceptors (Lipinski definition) is 3. The fraction of sp³-hybridized carbons (Fsp3) is 0.750. The normalized spacial score (nSPS) is 19.6. The van der Waals surface area contributed by atoms with Gasteiger partial charge in [-0.3, -0.25) is 14.7 Å². The predicted octanol–water partition coefficient (Wildman–Crippen LogP) is 1.04. The van der Waals surface area contributed by atoms with Gasteiger partial charge in [-0.2, -0.15) is 0 Å². The molecular formula is C16H30IN5O. The molecule has 1 saturated heterocycles. The van der Waals surface area contributed by atoms with Gasteiger partial charge in [0.25, 0.3) is 0 Å². The molecule has 2 aliphatic rings. The minimum atomic E-state index is 0. The number of carbonyl (C=O) groups excluding carboxylic acids is 1. The Bertz CT molecular complexity index is 411. The summed E-state index contributed by atoms with van der Waals surface area (Å²) in [5, 5.41) is 6.79. The van der Waals surface area contributed by atoms with E-state index in [0.29, 0.717) is 6.04 Å².